The quantitative estimate of drug-likeness (QED) is 0.750. The third-order valence-corrected chi connectivity index (χ3v) is 6.64. The Hall–Kier alpha value is -0.650. The Balaban J connectivity index is 0.00000126. The van der Waals surface area contributed by atoms with E-state index < -0.39 is 0 Å². The SMILES string of the molecule is CC.CC(=O)N1CCOC(CN2CCC(N3CCC(C(C)C)CC3)CC2)C1. The predicted molar refractivity (Wildman–Crippen MR) is 112 cm³/mol. The Labute approximate surface area is 167 Å². The van der Waals surface area contributed by atoms with Crippen LogP contribution in [0.5, 0.6) is 0 Å². The number of likely N-dealkylation sites (tertiary alicyclic amines) is 2. The second-order valence-electron chi connectivity index (χ2n) is 8.61. The van der Waals surface area contributed by atoms with Crippen molar-refractivity contribution in [1.29, 1.82) is 0 Å². The van der Waals surface area contributed by atoms with Crippen molar-refractivity contribution < 1.29 is 9.53 Å². The fourth-order valence-corrected chi connectivity index (χ4v) is 4.82. The molecule has 27 heavy (non-hydrogen) atoms. The fourth-order valence-electron chi connectivity index (χ4n) is 4.82. The molecule has 3 saturated heterocycles. The maximum absolute atomic E-state index is 11.6. The molecule has 0 aliphatic carbocycles. The van der Waals surface area contributed by atoms with E-state index in [9.17, 15) is 4.79 Å². The minimum atomic E-state index is 0.178. The van der Waals surface area contributed by atoms with Gasteiger partial charge in [0.05, 0.1) is 12.7 Å². The summed E-state index contributed by atoms with van der Waals surface area (Å²) in [5.74, 6) is 1.95. The van der Waals surface area contributed by atoms with Crippen LogP contribution in [0.15, 0.2) is 0 Å². The van der Waals surface area contributed by atoms with Crippen molar-refractivity contribution in [3.8, 4) is 0 Å². The smallest absolute Gasteiger partial charge is 0.219 e. The van der Waals surface area contributed by atoms with Gasteiger partial charge in [0.2, 0.25) is 5.91 Å². The van der Waals surface area contributed by atoms with Gasteiger partial charge in [-0.15, -0.1) is 0 Å². The molecule has 158 valence electrons. The van der Waals surface area contributed by atoms with Crippen LogP contribution in [0.25, 0.3) is 0 Å². The molecule has 5 nitrogen and oxygen atoms in total. The van der Waals surface area contributed by atoms with E-state index in [-0.39, 0.29) is 12.0 Å². The number of nitrogens with zero attached hydrogens (tertiary/aromatic N) is 3. The molecule has 0 bridgehead atoms. The number of hydrogen-bond donors (Lipinski definition) is 0. The highest BCUT2D eigenvalue weighted by atomic mass is 16.5. The normalized spacial score (nSPS) is 26.7. The highest BCUT2D eigenvalue weighted by Crippen LogP contribution is 2.28. The van der Waals surface area contributed by atoms with Crippen LogP contribution in [0.4, 0.5) is 0 Å². The van der Waals surface area contributed by atoms with Gasteiger partial charge in [-0.2, -0.15) is 0 Å². The molecule has 1 unspecified atom stereocenters. The lowest BCUT2D eigenvalue weighted by Gasteiger charge is -2.43. The van der Waals surface area contributed by atoms with Gasteiger partial charge in [0.15, 0.2) is 0 Å². The van der Waals surface area contributed by atoms with Gasteiger partial charge in [-0.05, 0) is 63.7 Å². The molecule has 0 saturated carbocycles. The van der Waals surface area contributed by atoms with Crippen LogP contribution >= 0.6 is 0 Å². The summed E-state index contributed by atoms with van der Waals surface area (Å²) < 4.78 is 5.89. The van der Waals surface area contributed by atoms with Gasteiger partial charge in [0, 0.05) is 32.6 Å². The molecule has 0 N–H and O–H groups in total. The van der Waals surface area contributed by atoms with Crippen molar-refractivity contribution in [2.45, 2.75) is 72.4 Å². The summed E-state index contributed by atoms with van der Waals surface area (Å²) in [5.41, 5.74) is 0. The van der Waals surface area contributed by atoms with Gasteiger partial charge in [-0.25, -0.2) is 0 Å². The summed E-state index contributed by atoms with van der Waals surface area (Å²) >= 11 is 0. The van der Waals surface area contributed by atoms with E-state index in [1.807, 2.05) is 18.7 Å². The van der Waals surface area contributed by atoms with Gasteiger partial charge < -0.3 is 19.4 Å². The van der Waals surface area contributed by atoms with Crippen LogP contribution in [0, 0.1) is 11.8 Å². The zero-order valence-electron chi connectivity index (χ0n) is 18.5. The number of ether oxygens (including phenoxy) is 1. The molecule has 3 aliphatic rings. The minimum absolute atomic E-state index is 0.178. The average molecular weight is 382 g/mol. The monoisotopic (exact) mass is 381 g/mol. The molecule has 3 aliphatic heterocycles. The van der Waals surface area contributed by atoms with Crippen LogP contribution in [0.3, 0.4) is 0 Å². The second kappa shape index (κ2) is 11.4. The van der Waals surface area contributed by atoms with Gasteiger partial charge in [-0.3, -0.25) is 4.79 Å². The molecular formula is C22H43N3O2. The summed E-state index contributed by atoms with van der Waals surface area (Å²) in [7, 11) is 0. The first kappa shape index (κ1) is 22.6. The average Bonchev–Trinajstić information content (AvgIpc) is 2.70. The lowest BCUT2D eigenvalue weighted by Crippen LogP contribution is -2.52. The minimum Gasteiger partial charge on any atom is -0.373 e. The van der Waals surface area contributed by atoms with E-state index in [4.69, 9.17) is 4.74 Å². The molecule has 3 rings (SSSR count). The number of morpholine rings is 1. The molecule has 5 heteroatoms. The Kier molecular flexibility index (Phi) is 9.54. The summed E-state index contributed by atoms with van der Waals surface area (Å²) in [6.45, 7) is 18.5. The zero-order chi connectivity index (χ0) is 19.8. The third kappa shape index (κ3) is 6.72. The lowest BCUT2D eigenvalue weighted by molar-refractivity contribution is -0.137. The molecule has 0 aromatic rings. The van der Waals surface area contributed by atoms with E-state index in [2.05, 4.69) is 23.6 Å². The van der Waals surface area contributed by atoms with Gasteiger partial charge in [-0.1, -0.05) is 27.7 Å². The third-order valence-electron chi connectivity index (χ3n) is 6.64. The Bertz CT molecular complexity index is 427. The van der Waals surface area contributed by atoms with E-state index in [1.54, 1.807) is 6.92 Å². The standard InChI is InChI=1S/C20H37N3O2.C2H6/c1-16(2)18-4-10-22(11-5-18)19-6-8-21(9-7-19)14-20-15-23(17(3)24)12-13-25-20;1-2/h16,18-20H,4-15H2,1-3H3;1-2H3. The number of carbonyl (C=O) groups is 1. The Morgan fingerprint density at radius 2 is 1.63 bits per heavy atom. The summed E-state index contributed by atoms with van der Waals surface area (Å²) in [6.07, 6.45) is 5.53. The number of amides is 1. The van der Waals surface area contributed by atoms with E-state index in [0.717, 1.165) is 37.5 Å². The van der Waals surface area contributed by atoms with Crippen LogP contribution < -0.4 is 0 Å². The molecule has 0 aromatic heterocycles. The Morgan fingerprint density at radius 1 is 1.00 bits per heavy atom. The summed E-state index contributed by atoms with van der Waals surface area (Å²) in [5, 5.41) is 0. The second-order valence-corrected chi connectivity index (χ2v) is 8.61. The Morgan fingerprint density at radius 3 is 2.19 bits per heavy atom. The van der Waals surface area contributed by atoms with Gasteiger partial charge in [0.1, 0.15) is 0 Å². The van der Waals surface area contributed by atoms with Crippen molar-refractivity contribution >= 4 is 5.91 Å². The number of carbonyl (C=O) groups excluding carboxylic acids is 1. The highest BCUT2D eigenvalue weighted by molar-refractivity contribution is 5.73. The topological polar surface area (TPSA) is 36.0 Å². The van der Waals surface area contributed by atoms with Crippen LogP contribution in [-0.4, -0.2) is 85.2 Å². The van der Waals surface area contributed by atoms with Crippen LogP contribution in [0.1, 0.15) is 60.3 Å². The van der Waals surface area contributed by atoms with Crippen molar-refractivity contribution in [3.05, 3.63) is 0 Å². The molecule has 0 spiro atoms. The molecule has 0 radical (unpaired) electrons. The maximum atomic E-state index is 11.6. The van der Waals surface area contributed by atoms with Crippen LogP contribution in [0.2, 0.25) is 0 Å². The van der Waals surface area contributed by atoms with Crippen molar-refractivity contribution in [2.24, 2.45) is 11.8 Å². The fraction of sp³-hybridized carbons (Fsp3) is 0.955. The number of rotatable bonds is 4. The summed E-state index contributed by atoms with van der Waals surface area (Å²) in [4.78, 5) is 18.8. The van der Waals surface area contributed by atoms with Gasteiger partial charge >= 0.3 is 0 Å². The first-order valence-corrected chi connectivity index (χ1v) is 11.4. The molecular weight excluding hydrogens is 338 g/mol. The first-order chi connectivity index (χ1) is 13.0. The molecule has 1 atom stereocenters. The summed E-state index contributed by atoms with van der Waals surface area (Å²) in [6, 6.07) is 0.783. The van der Waals surface area contributed by atoms with Crippen LogP contribution in [-0.2, 0) is 9.53 Å². The van der Waals surface area contributed by atoms with Crippen molar-refractivity contribution in [2.75, 3.05) is 52.4 Å². The zero-order valence-corrected chi connectivity index (χ0v) is 18.5. The predicted octanol–water partition coefficient (Wildman–Crippen LogP) is 3.09. The molecule has 1 amide bonds. The number of hydrogen-bond acceptors (Lipinski definition) is 4. The van der Waals surface area contributed by atoms with Gasteiger partial charge in [0.25, 0.3) is 0 Å². The highest BCUT2D eigenvalue weighted by Gasteiger charge is 2.30. The van der Waals surface area contributed by atoms with E-state index >= 15 is 0 Å². The van der Waals surface area contributed by atoms with E-state index in [0.29, 0.717) is 6.61 Å². The van der Waals surface area contributed by atoms with Crippen molar-refractivity contribution in [3.63, 3.8) is 0 Å². The number of piperidine rings is 2. The molecule has 3 heterocycles. The van der Waals surface area contributed by atoms with E-state index in [1.165, 1.54) is 51.9 Å². The maximum Gasteiger partial charge on any atom is 0.219 e. The lowest BCUT2D eigenvalue weighted by atomic mass is 9.85. The molecule has 3 fully saturated rings. The molecule has 0 aromatic carbocycles. The van der Waals surface area contributed by atoms with Crippen molar-refractivity contribution in [1.82, 2.24) is 14.7 Å². The first-order valence-electron chi connectivity index (χ1n) is 11.4. The largest absolute Gasteiger partial charge is 0.373 e.